The van der Waals surface area contributed by atoms with Crippen LogP contribution in [0, 0.1) is 0 Å². The first kappa shape index (κ1) is 34.6. The first-order chi connectivity index (χ1) is 22.7. The molecule has 0 aromatic heterocycles. The Hall–Kier alpha value is -3.74. The number of ether oxygens (including phenoxy) is 2. The van der Waals surface area contributed by atoms with Crippen LogP contribution in [0.1, 0.15) is 35.6 Å². The molecule has 0 bridgehead atoms. The number of halogens is 2. The van der Waals surface area contributed by atoms with Gasteiger partial charge in [0.1, 0.15) is 5.75 Å². The fourth-order valence-electron chi connectivity index (χ4n) is 5.22. The van der Waals surface area contributed by atoms with Crippen molar-refractivity contribution >= 4 is 49.2 Å². The maximum absolute atomic E-state index is 14.3. The number of aliphatic hydroxyl groups is 1. The highest BCUT2D eigenvalue weighted by Gasteiger charge is 2.54. The number of hydrazine groups is 1. The fraction of sp³-hybridized carbons (Fsp3) is 0.257. The molecule has 0 saturated heterocycles. The van der Waals surface area contributed by atoms with Crippen LogP contribution in [0.5, 0.6) is 5.75 Å². The maximum atomic E-state index is 14.3. The van der Waals surface area contributed by atoms with E-state index in [1.165, 1.54) is 12.1 Å². The molecule has 1 heterocycles. The van der Waals surface area contributed by atoms with Crippen LogP contribution >= 0.6 is 27.5 Å². The van der Waals surface area contributed by atoms with Crippen LogP contribution in [-0.4, -0.2) is 56.4 Å². The van der Waals surface area contributed by atoms with E-state index < -0.39 is 27.4 Å². The largest absolute Gasteiger partial charge is 0.494 e. The number of sulfone groups is 1. The van der Waals surface area contributed by atoms with E-state index in [1.54, 1.807) is 48.5 Å². The van der Waals surface area contributed by atoms with E-state index in [9.17, 15) is 13.2 Å². The average Bonchev–Trinajstić information content (AvgIpc) is 3.47. The van der Waals surface area contributed by atoms with E-state index >= 15 is 0 Å². The summed E-state index contributed by atoms with van der Waals surface area (Å²) in [5.41, 5.74) is 6.34. The first-order valence-electron chi connectivity index (χ1n) is 15.1. The molecule has 0 spiro atoms. The van der Waals surface area contributed by atoms with Crippen molar-refractivity contribution in [3.8, 4) is 5.75 Å². The molecule has 0 radical (unpaired) electrons. The van der Waals surface area contributed by atoms with E-state index in [0.29, 0.717) is 52.4 Å². The summed E-state index contributed by atoms with van der Waals surface area (Å²) in [7, 11) is -3.78. The minimum atomic E-state index is -3.78. The molecular weight excluding hydrogens is 706 g/mol. The molecule has 2 atom stereocenters. The molecule has 0 fully saturated rings. The number of hydrogen-bond donors (Lipinski definition) is 3. The highest BCUT2D eigenvalue weighted by molar-refractivity contribution is 9.10. The maximum Gasteiger partial charge on any atom is 0.266 e. The van der Waals surface area contributed by atoms with Crippen molar-refractivity contribution < 1.29 is 27.8 Å². The quantitative estimate of drug-likeness (QED) is 0.103. The molecule has 1 amide bonds. The number of nitrogens with one attached hydrogen (secondary N) is 2. The highest BCUT2D eigenvalue weighted by Crippen LogP contribution is 2.45. The van der Waals surface area contributed by atoms with E-state index in [4.69, 9.17) is 31.2 Å². The molecule has 0 saturated carbocycles. The average molecular weight is 741 g/mol. The smallest absolute Gasteiger partial charge is 0.266 e. The van der Waals surface area contributed by atoms with Gasteiger partial charge < -0.3 is 14.6 Å². The topological polar surface area (TPSA) is 126 Å². The lowest BCUT2D eigenvalue weighted by atomic mass is 9.85. The van der Waals surface area contributed by atoms with Gasteiger partial charge in [0.25, 0.3) is 5.91 Å². The summed E-state index contributed by atoms with van der Waals surface area (Å²) >= 11 is 9.73. The van der Waals surface area contributed by atoms with Crippen LogP contribution < -0.4 is 15.6 Å². The van der Waals surface area contributed by atoms with Crippen molar-refractivity contribution in [2.24, 2.45) is 4.99 Å². The normalized spacial score (nSPS) is 17.5. The molecule has 9 nitrogen and oxygen atoms in total. The number of benzene rings is 4. The van der Waals surface area contributed by atoms with E-state index in [2.05, 4.69) is 26.8 Å². The SMILES string of the molecule is O=C(NNCCc1cccc(Cl)c1)[C@@]1(CCS(=O)(=O)c2ccccc2)N=C(c2ccc(OCCCO)cc2)O[C@H]1c1ccccc1Br. The molecule has 5 rings (SSSR count). The van der Waals surface area contributed by atoms with Gasteiger partial charge in [0.15, 0.2) is 21.5 Å². The lowest BCUT2D eigenvalue weighted by Gasteiger charge is -2.31. The Bertz CT molecular complexity index is 1810. The zero-order chi connectivity index (χ0) is 33.3. The van der Waals surface area contributed by atoms with Gasteiger partial charge in [-0.15, -0.1) is 0 Å². The van der Waals surface area contributed by atoms with Crippen LogP contribution in [0.25, 0.3) is 0 Å². The Morgan fingerprint density at radius 1 is 1.00 bits per heavy atom. The predicted molar refractivity (Wildman–Crippen MR) is 185 cm³/mol. The van der Waals surface area contributed by atoms with Gasteiger partial charge in [-0.1, -0.05) is 76.1 Å². The lowest BCUT2D eigenvalue weighted by Crippen LogP contribution is -2.53. The van der Waals surface area contributed by atoms with E-state index in [1.807, 2.05) is 42.5 Å². The van der Waals surface area contributed by atoms with Crippen molar-refractivity contribution in [1.82, 2.24) is 10.9 Å². The van der Waals surface area contributed by atoms with Gasteiger partial charge in [0.2, 0.25) is 5.90 Å². The van der Waals surface area contributed by atoms with Gasteiger partial charge >= 0.3 is 0 Å². The molecule has 246 valence electrons. The number of hydrogen-bond acceptors (Lipinski definition) is 8. The van der Waals surface area contributed by atoms with Crippen LogP contribution in [0.15, 0.2) is 117 Å². The second-order valence-electron chi connectivity index (χ2n) is 11.0. The van der Waals surface area contributed by atoms with Crippen molar-refractivity contribution in [2.45, 2.75) is 35.8 Å². The Labute approximate surface area is 288 Å². The molecule has 12 heteroatoms. The van der Waals surface area contributed by atoms with Gasteiger partial charge in [0.05, 0.1) is 17.3 Å². The Kier molecular flexibility index (Phi) is 11.7. The minimum Gasteiger partial charge on any atom is -0.494 e. The minimum absolute atomic E-state index is 0.0266. The summed E-state index contributed by atoms with van der Waals surface area (Å²) in [6, 6.07) is 30.0. The Morgan fingerprint density at radius 3 is 2.47 bits per heavy atom. The summed E-state index contributed by atoms with van der Waals surface area (Å²) < 4.78 is 39.9. The lowest BCUT2D eigenvalue weighted by molar-refractivity contribution is -0.130. The number of aliphatic hydroxyl groups excluding tert-OH is 1. The molecule has 47 heavy (non-hydrogen) atoms. The second kappa shape index (κ2) is 15.9. The summed E-state index contributed by atoms with van der Waals surface area (Å²) in [4.78, 5) is 19.4. The summed E-state index contributed by atoms with van der Waals surface area (Å²) in [5, 5.41) is 9.68. The summed E-state index contributed by atoms with van der Waals surface area (Å²) in [5.74, 6) is -0.0958. The van der Waals surface area contributed by atoms with Gasteiger partial charge in [0, 0.05) is 46.6 Å². The van der Waals surface area contributed by atoms with Gasteiger partial charge in [-0.3, -0.25) is 10.2 Å². The van der Waals surface area contributed by atoms with E-state index in [-0.39, 0.29) is 29.6 Å². The number of carbonyl (C=O) groups is 1. The summed E-state index contributed by atoms with van der Waals surface area (Å²) in [6.45, 7) is 0.777. The molecule has 0 unspecified atom stereocenters. The van der Waals surface area contributed by atoms with Crippen LogP contribution in [-0.2, 0) is 25.8 Å². The molecule has 1 aliphatic heterocycles. The third-order valence-corrected chi connectivity index (χ3v) is 10.4. The first-order valence-corrected chi connectivity index (χ1v) is 17.9. The zero-order valence-corrected chi connectivity index (χ0v) is 28.6. The Morgan fingerprint density at radius 2 is 1.74 bits per heavy atom. The number of rotatable bonds is 15. The van der Waals surface area contributed by atoms with Gasteiger partial charge in [-0.25, -0.2) is 18.8 Å². The van der Waals surface area contributed by atoms with E-state index in [0.717, 1.165) is 5.56 Å². The number of nitrogens with zero attached hydrogens (tertiary/aromatic N) is 1. The van der Waals surface area contributed by atoms with Crippen molar-refractivity contribution in [3.05, 3.63) is 129 Å². The molecule has 3 N–H and O–H groups in total. The molecule has 4 aromatic carbocycles. The van der Waals surface area contributed by atoms with Crippen LogP contribution in [0.3, 0.4) is 0 Å². The third-order valence-electron chi connectivity index (χ3n) is 7.70. The second-order valence-corrected chi connectivity index (χ2v) is 14.4. The summed E-state index contributed by atoms with van der Waals surface area (Å²) in [6.07, 6.45) is -0.0397. The Balaban J connectivity index is 1.49. The van der Waals surface area contributed by atoms with Gasteiger partial charge in [-0.05, 0) is 66.6 Å². The van der Waals surface area contributed by atoms with Crippen molar-refractivity contribution in [1.29, 1.82) is 0 Å². The molecular formula is C35H35BrClN3O6S. The fourth-order valence-corrected chi connectivity index (χ4v) is 7.31. The highest BCUT2D eigenvalue weighted by atomic mass is 79.9. The monoisotopic (exact) mass is 739 g/mol. The van der Waals surface area contributed by atoms with Crippen molar-refractivity contribution in [2.75, 3.05) is 25.5 Å². The molecule has 1 aliphatic rings. The number of carbonyl (C=O) groups excluding carboxylic acids is 1. The number of amides is 1. The van der Waals surface area contributed by atoms with Crippen molar-refractivity contribution in [3.63, 3.8) is 0 Å². The molecule has 4 aromatic rings. The predicted octanol–water partition coefficient (Wildman–Crippen LogP) is 5.85. The standard InChI is InChI=1S/C35H35BrClN3O6S/c36-31-13-5-4-12-30(31)32-35(19-23-47(43,44)29-10-2-1-3-11-29,34(42)40-38-20-18-25-8-6-9-27(37)24-25)39-33(46-32)26-14-16-28(17-15-26)45-22-7-21-41/h1-6,8-17,24,32,38,41H,7,18-23H2,(H,40,42)/t32-,35-/m0/s1. The van der Waals surface area contributed by atoms with Gasteiger partial charge in [-0.2, -0.15) is 0 Å². The zero-order valence-electron chi connectivity index (χ0n) is 25.4. The third kappa shape index (κ3) is 8.60. The number of aliphatic imine (C=N–C) groups is 1. The van der Waals surface area contributed by atoms with Crippen LogP contribution in [0.4, 0.5) is 0 Å². The molecule has 0 aliphatic carbocycles. The van der Waals surface area contributed by atoms with Crippen LogP contribution in [0.2, 0.25) is 5.02 Å².